The van der Waals surface area contributed by atoms with Gasteiger partial charge in [0.05, 0.1) is 10.6 Å². The first-order valence-corrected chi connectivity index (χ1v) is 6.60. The molecule has 2 aromatic rings. The van der Waals surface area contributed by atoms with Gasteiger partial charge in [0, 0.05) is 24.6 Å². The van der Waals surface area contributed by atoms with Crippen molar-refractivity contribution in [3.63, 3.8) is 0 Å². The number of aromatic nitrogens is 1. The number of halogens is 1. The zero-order valence-electron chi connectivity index (χ0n) is 10.5. The molecule has 0 aliphatic heterocycles. The van der Waals surface area contributed by atoms with Crippen molar-refractivity contribution in [3.05, 3.63) is 58.4 Å². The van der Waals surface area contributed by atoms with E-state index in [-0.39, 0.29) is 0 Å². The summed E-state index contributed by atoms with van der Waals surface area (Å²) in [5.74, 6) is 0. The average molecular weight is 292 g/mol. The maximum atomic E-state index is 6.12. The van der Waals surface area contributed by atoms with Crippen LogP contribution in [0.4, 0.5) is 5.69 Å². The number of aryl methyl sites for hydroxylation is 1. The van der Waals surface area contributed by atoms with Gasteiger partial charge in [-0.05, 0) is 36.2 Å². The summed E-state index contributed by atoms with van der Waals surface area (Å²) in [5, 5.41) is 3.87. The molecule has 0 saturated heterocycles. The summed E-state index contributed by atoms with van der Waals surface area (Å²) in [7, 11) is 0. The Bertz CT molecular complexity index is 613. The molecular formula is C14H14ClN3S. The van der Waals surface area contributed by atoms with E-state index >= 15 is 0 Å². The third-order valence-electron chi connectivity index (χ3n) is 2.87. The number of pyridine rings is 1. The third-order valence-corrected chi connectivity index (χ3v) is 3.38. The van der Waals surface area contributed by atoms with Crippen LogP contribution in [-0.2, 0) is 6.54 Å². The SMILES string of the molecule is Cc1cnccc1CNc1cccc(Cl)c1C(N)=S. The maximum Gasteiger partial charge on any atom is 0.107 e. The second-order valence-corrected chi connectivity index (χ2v) is 5.03. The van der Waals surface area contributed by atoms with Crippen LogP contribution in [0.5, 0.6) is 0 Å². The van der Waals surface area contributed by atoms with Crippen molar-refractivity contribution >= 4 is 34.5 Å². The molecule has 1 aromatic carbocycles. The fourth-order valence-corrected chi connectivity index (χ4v) is 2.37. The minimum absolute atomic E-state index is 0.291. The molecule has 5 heteroatoms. The minimum atomic E-state index is 0.291. The summed E-state index contributed by atoms with van der Waals surface area (Å²) in [6, 6.07) is 7.54. The molecule has 3 nitrogen and oxygen atoms in total. The molecule has 0 aliphatic rings. The monoisotopic (exact) mass is 291 g/mol. The molecule has 1 heterocycles. The quantitative estimate of drug-likeness (QED) is 0.849. The first-order chi connectivity index (χ1) is 9.09. The minimum Gasteiger partial charge on any atom is -0.389 e. The van der Waals surface area contributed by atoms with Crippen LogP contribution in [0.1, 0.15) is 16.7 Å². The third kappa shape index (κ3) is 3.22. The number of nitrogens with two attached hydrogens (primary N) is 1. The van der Waals surface area contributed by atoms with Gasteiger partial charge in [-0.25, -0.2) is 0 Å². The molecule has 2 rings (SSSR count). The van der Waals surface area contributed by atoms with E-state index in [1.165, 1.54) is 5.56 Å². The van der Waals surface area contributed by atoms with E-state index in [4.69, 9.17) is 29.6 Å². The van der Waals surface area contributed by atoms with Gasteiger partial charge < -0.3 is 11.1 Å². The molecular weight excluding hydrogens is 278 g/mol. The Morgan fingerprint density at radius 3 is 2.89 bits per heavy atom. The molecule has 0 bridgehead atoms. The summed E-state index contributed by atoms with van der Waals surface area (Å²) in [6.07, 6.45) is 3.61. The molecule has 0 atom stereocenters. The molecule has 19 heavy (non-hydrogen) atoms. The molecule has 0 unspecified atom stereocenters. The predicted octanol–water partition coefficient (Wildman–Crippen LogP) is 3.29. The number of hydrogen-bond donors (Lipinski definition) is 2. The summed E-state index contributed by atoms with van der Waals surface area (Å²) < 4.78 is 0. The highest BCUT2D eigenvalue weighted by molar-refractivity contribution is 7.80. The van der Waals surface area contributed by atoms with Crippen LogP contribution in [0.3, 0.4) is 0 Å². The molecule has 98 valence electrons. The van der Waals surface area contributed by atoms with Crippen LogP contribution < -0.4 is 11.1 Å². The van der Waals surface area contributed by atoms with Crippen molar-refractivity contribution in [2.45, 2.75) is 13.5 Å². The van der Waals surface area contributed by atoms with Crippen molar-refractivity contribution in [1.82, 2.24) is 4.98 Å². The molecule has 1 aromatic heterocycles. The second-order valence-electron chi connectivity index (χ2n) is 4.18. The number of nitrogens with one attached hydrogen (secondary N) is 1. The van der Waals surface area contributed by atoms with Crippen molar-refractivity contribution < 1.29 is 0 Å². The van der Waals surface area contributed by atoms with Crippen LogP contribution >= 0.6 is 23.8 Å². The highest BCUT2D eigenvalue weighted by atomic mass is 35.5. The Morgan fingerprint density at radius 2 is 2.21 bits per heavy atom. The largest absolute Gasteiger partial charge is 0.389 e. The number of thiocarbonyl (C=S) groups is 1. The van der Waals surface area contributed by atoms with E-state index < -0.39 is 0 Å². The van der Waals surface area contributed by atoms with Gasteiger partial charge in [0.15, 0.2) is 0 Å². The lowest BCUT2D eigenvalue weighted by atomic mass is 10.1. The number of anilines is 1. The Morgan fingerprint density at radius 1 is 1.42 bits per heavy atom. The van der Waals surface area contributed by atoms with Gasteiger partial charge in [-0.3, -0.25) is 4.98 Å². The Balaban J connectivity index is 2.23. The van der Waals surface area contributed by atoms with Crippen LogP contribution in [0.15, 0.2) is 36.7 Å². The summed E-state index contributed by atoms with van der Waals surface area (Å²) in [4.78, 5) is 4.36. The molecule has 0 fully saturated rings. The van der Waals surface area contributed by atoms with Gasteiger partial charge >= 0.3 is 0 Å². The van der Waals surface area contributed by atoms with Crippen molar-refractivity contribution in [2.24, 2.45) is 5.73 Å². The van der Waals surface area contributed by atoms with E-state index in [1.807, 2.05) is 31.3 Å². The summed E-state index contributed by atoms with van der Waals surface area (Å²) >= 11 is 11.2. The van der Waals surface area contributed by atoms with Crippen LogP contribution in [0.2, 0.25) is 5.02 Å². The zero-order valence-corrected chi connectivity index (χ0v) is 12.1. The van der Waals surface area contributed by atoms with Gasteiger partial charge in [0.2, 0.25) is 0 Å². The standard InChI is InChI=1S/C14H14ClN3S/c1-9-7-17-6-5-10(9)8-18-12-4-2-3-11(15)13(12)14(16)19/h2-7,18H,8H2,1H3,(H2,16,19). The molecule has 0 saturated carbocycles. The maximum absolute atomic E-state index is 6.12. The zero-order chi connectivity index (χ0) is 13.8. The lowest BCUT2D eigenvalue weighted by molar-refractivity contribution is 1.09. The number of nitrogens with zero attached hydrogens (tertiary/aromatic N) is 1. The molecule has 3 N–H and O–H groups in total. The van der Waals surface area contributed by atoms with E-state index in [9.17, 15) is 0 Å². The summed E-state index contributed by atoms with van der Waals surface area (Å²) in [5.41, 5.74) is 9.54. The Kier molecular flexibility index (Phi) is 4.35. The first-order valence-electron chi connectivity index (χ1n) is 5.81. The predicted molar refractivity (Wildman–Crippen MR) is 83.6 cm³/mol. The molecule has 0 aliphatic carbocycles. The lowest BCUT2D eigenvalue weighted by Crippen LogP contribution is -2.14. The van der Waals surface area contributed by atoms with Crippen LogP contribution in [0.25, 0.3) is 0 Å². The molecule has 0 amide bonds. The Hall–Kier alpha value is -1.65. The van der Waals surface area contributed by atoms with E-state index in [0.29, 0.717) is 22.1 Å². The lowest BCUT2D eigenvalue weighted by Gasteiger charge is -2.13. The second kappa shape index (κ2) is 5.99. The van der Waals surface area contributed by atoms with Gasteiger partial charge in [0.1, 0.15) is 4.99 Å². The van der Waals surface area contributed by atoms with Crippen molar-refractivity contribution in [3.8, 4) is 0 Å². The van der Waals surface area contributed by atoms with Gasteiger partial charge in [-0.15, -0.1) is 0 Å². The fraction of sp³-hybridized carbons (Fsp3) is 0.143. The Labute approximate surface area is 122 Å². The number of hydrogen-bond acceptors (Lipinski definition) is 3. The first kappa shape index (κ1) is 13.8. The number of rotatable bonds is 4. The van der Waals surface area contributed by atoms with Crippen molar-refractivity contribution in [2.75, 3.05) is 5.32 Å². The average Bonchev–Trinajstić information content (AvgIpc) is 2.37. The van der Waals surface area contributed by atoms with Crippen molar-refractivity contribution in [1.29, 1.82) is 0 Å². The molecule has 0 radical (unpaired) electrons. The van der Waals surface area contributed by atoms with Gasteiger partial charge in [-0.2, -0.15) is 0 Å². The fourth-order valence-electron chi connectivity index (χ4n) is 1.81. The smallest absolute Gasteiger partial charge is 0.107 e. The summed E-state index contributed by atoms with van der Waals surface area (Å²) in [6.45, 7) is 2.70. The van der Waals surface area contributed by atoms with Crippen LogP contribution in [0, 0.1) is 6.92 Å². The van der Waals surface area contributed by atoms with E-state index in [0.717, 1.165) is 11.3 Å². The van der Waals surface area contributed by atoms with E-state index in [2.05, 4.69) is 10.3 Å². The normalized spacial score (nSPS) is 10.2. The highest BCUT2D eigenvalue weighted by Crippen LogP contribution is 2.24. The van der Waals surface area contributed by atoms with E-state index in [1.54, 1.807) is 12.3 Å². The highest BCUT2D eigenvalue weighted by Gasteiger charge is 2.09. The number of benzene rings is 1. The topological polar surface area (TPSA) is 50.9 Å². The van der Waals surface area contributed by atoms with Gasteiger partial charge in [0.25, 0.3) is 0 Å². The van der Waals surface area contributed by atoms with Crippen LogP contribution in [-0.4, -0.2) is 9.97 Å². The van der Waals surface area contributed by atoms with Gasteiger partial charge in [-0.1, -0.05) is 29.9 Å². The molecule has 0 spiro atoms.